The minimum absolute atomic E-state index is 0.0822. The molecule has 2 N–H and O–H groups in total. The Hall–Kier alpha value is -3.81. The van der Waals surface area contributed by atoms with Crippen LogP contribution >= 0.6 is 0 Å². The molecular weight excluding hydrogens is 466 g/mol. The summed E-state index contributed by atoms with van der Waals surface area (Å²) in [5.74, 6) is 0.185. The predicted molar refractivity (Wildman–Crippen MR) is 143 cm³/mol. The molecule has 1 aromatic heterocycles. The smallest absolute Gasteiger partial charge is 0.410 e. The van der Waals surface area contributed by atoms with Crippen molar-refractivity contribution in [3.8, 4) is 0 Å². The Bertz CT molecular complexity index is 1190. The Morgan fingerprint density at radius 3 is 2.65 bits per heavy atom. The molecule has 0 spiro atoms. The van der Waals surface area contributed by atoms with Crippen molar-refractivity contribution in [2.75, 3.05) is 23.9 Å². The standard InChI is InChI=1S/C29H35N5O3/c1-37-29(36)34-17-23-12-13-24(32-28(35)22-10-6-3-7-11-22)15-27(23)33(18-25-16-30-20-31-25)19-26(34)14-21-8-4-2-5-9-21/h2,4-5,8-9,12-13,15-16,20,22,26H,3,6-7,10-11,14,17-19H2,1H3,(H,30,31)(H,32,35). The highest BCUT2D eigenvalue weighted by molar-refractivity contribution is 5.93. The molecule has 0 bridgehead atoms. The van der Waals surface area contributed by atoms with E-state index < -0.39 is 0 Å². The summed E-state index contributed by atoms with van der Waals surface area (Å²) in [4.78, 5) is 37.4. The van der Waals surface area contributed by atoms with E-state index in [2.05, 4.69) is 32.3 Å². The first-order valence-electron chi connectivity index (χ1n) is 13.1. The third-order valence-corrected chi connectivity index (χ3v) is 7.52. The molecule has 8 nitrogen and oxygen atoms in total. The molecule has 0 saturated heterocycles. The molecule has 5 rings (SSSR count). The molecule has 1 atom stereocenters. The maximum Gasteiger partial charge on any atom is 0.410 e. The van der Waals surface area contributed by atoms with Gasteiger partial charge in [0.1, 0.15) is 0 Å². The molecule has 194 valence electrons. The van der Waals surface area contributed by atoms with Crippen LogP contribution in [0.4, 0.5) is 16.2 Å². The zero-order valence-corrected chi connectivity index (χ0v) is 21.4. The van der Waals surface area contributed by atoms with Gasteiger partial charge in [-0.15, -0.1) is 0 Å². The number of ether oxygens (including phenoxy) is 1. The van der Waals surface area contributed by atoms with Gasteiger partial charge in [-0.05, 0) is 42.5 Å². The van der Waals surface area contributed by atoms with E-state index in [-0.39, 0.29) is 24.0 Å². The molecule has 8 heteroatoms. The van der Waals surface area contributed by atoms with Crippen molar-refractivity contribution in [1.29, 1.82) is 0 Å². The highest BCUT2D eigenvalue weighted by Gasteiger charge is 2.32. The number of hydrogen-bond acceptors (Lipinski definition) is 5. The Kier molecular flexibility index (Phi) is 7.73. The van der Waals surface area contributed by atoms with Gasteiger partial charge < -0.3 is 19.9 Å². The number of H-pyrrole nitrogens is 1. The van der Waals surface area contributed by atoms with Crippen LogP contribution in [0.1, 0.15) is 48.9 Å². The number of aromatic amines is 1. The van der Waals surface area contributed by atoms with E-state index in [0.29, 0.717) is 26.1 Å². The number of aromatic nitrogens is 2. The minimum atomic E-state index is -0.343. The van der Waals surface area contributed by atoms with Gasteiger partial charge in [0, 0.05) is 30.0 Å². The quantitative estimate of drug-likeness (QED) is 0.489. The monoisotopic (exact) mass is 501 g/mol. The molecule has 1 aliphatic carbocycles. The predicted octanol–water partition coefficient (Wildman–Crippen LogP) is 5.13. The van der Waals surface area contributed by atoms with Crippen molar-refractivity contribution in [2.24, 2.45) is 5.92 Å². The number of nitrogens with one attached hydrogen (secondary N) is 2. The van der Waals surface area contributed by atoms with Crippen LogP contribution in [-0.4, -0.2) is 46.6 Å². The van der Waals surface area contributed by atoms with Crippen LogP contribution in [0, 0.1) is 5.92 Å². The number of fused-ring (bicyclic) bond motifs is 1. The van der Waals surface area contributed by atoms with Crippen molar-refractivity contribution in [2.45, 2.75) is 57.7 Å². The number of amides is 2. The topological polar surface area (TPSA) is 90.6 Å². The number of anilines is 2. The van der Waals surface area contributed by atoms with Gasteiger partial charge in [-0.1, -0.05) is 55.7 Å². The molecule has 0 radical (unpaired) electrons. The first-order chi connectivity index (χ1) is 18.1. The molecule has 3 aromatic rings. The fourth-order valence-corrected chi connectivity index (χ4v) is 5.56. The van der Waals surface area contributed by atoms with Crippen molar-refractivity contribution in [3.05, 3.63) is 77.9 Å². The lowest BCUT2D eigenvalue weighted by Crippen LogP contribution is -2.45. The SMILES string of the molecule is COC(=O)N1Cc2ccc(NC(=O)C3CCCCC3)cc2N(Cc2cnc[nH]2)CC1Cc1ccccc1. The Morgan fingerprint density at radius 1 is 1.11 bits per heavy atom. The molecule has 1 saturated carbocycles. The van der Waals surface area contributed by atoms with Gasteiger partial charge >= 0.3 is 6.09 Å². The summed E-state index contributed by atoms with van der Waals surface area (Å²) in [6, 6.07) is 16.1. The summed E-state index contributed by atoms with van der Waals surface area (Å²) in [5, 5.41) is 3.17. The Balaban J connectivity index is 1.46. The molecule has 37 heavy (non-hydrogen) atoms. The average Bonchev–Trinajstić information content (AvgIpc) is 3.40. The lowest BCUT2D eigenvalue weighted by Gasteiger charge is -2.32. The summed E-state index contributed by atoms with van der Waals surface area (Å²) >= 11 is 0. The van der Waals surface area contributed by atoms with Gasteiger partial charge in [0.25, 0.3) is 0 Å². The van der Waals surface area contributed by atoms with E-state index in [4.69, 9.17) is 4.74 Å². The number of methoxy groups -OCH3 is 1. The average molecular weight is 502 g/mol. The molecule has 1 aliphatic heterocycles. The van der Waals surface area contributed by atoms with Crippen LogP contribution in [-0.2, 0) is 29.0 Å². The Morgan fingerprint density at radius 2 is 1.92 bits per heavy atom. The summed E-state index contributed by atoms with van der Waals surface area (Å²) in [5.41, 5.74) is 4.94. The maximum absolute atomic E-state index is 13.0. The maximum atomic E-state index is 13.0. The van der Waals surface area contributed by atoms with Crippen molar-refractivity contribution < 1.29 is 14.3 Å². The summed E-state index contributed by atoms with van der Waals surface area (Å²) in [6.07, 6.45) is 9.22. The van der Waals surface area contributed by atoms with E-state index >= 15 is 0 Å². The fourth-order valence-electron chi connectivity index (χ4n) is 5.56. The summed E-state index contributed by atoms with van der Waals surface area (Å²) in [6.45, 7) is 1.64. The van der Waals surface area contributed by atoms with Crippen LogP contribution in [0.2, 0.25) is 0 Å². The summed E-state index contributed by atoms with van der Waals surface area (Å²) < 4.78 is 5.21. The first kappa shape index (κ1) is 24.9. The molecule has 2 aromatic carbocycles. The zero-order chi connectivity index (χ0) is 25.6. The van der Waals surface area contributed by atoms with E-state index in [0.717, 1.165) is 53.9 Å². The number of carbonyl (C=O) groups excluding carboxylic acids is 2. The normalized spacial score (nSPS) is 18.1. The number of carbonyl (C=O) groups is 2. The number of benzene rings is 2. The number of hydrogen-bond donors (Lipinski definition) is 2. The van der Waals surface area contributed by atoms with Crippen molar-refractivity contribution in [3.63, 3.8) is 0 Å². The lowest BCUT2D eigenvalue weighted by molar-refractivity contribution is -0.120. The molecule has 2 aliphatic rings. The molecular formula is C29H35N5O3. The molecule has 1 fully saturated rings. The van der Waals surface area contributed by atoms with Gasteiger partial charge in [-0.25, -0.2) is 9.78 Å². The van der Waals surface area contributed by atoms with Crippen molar-refractivity contribution >= 4 is 23.4 Å². The second-order valence-corrected chi connectivity index (χ2v) is 10.1. The van der Waals surface area contributed by atoms with Gasteiger partial charge in [-0.2, -0.15) is 0 Å². The van der Waals surface area contributed by atoms with Gasteiger partial charge in [0.05, 0.1) is 38.3 Å². The van der Waals surface area contributed by atoms with Gasteiger partial charge in [-0.3, -0.25) is 9.69 Å². The number of imidazole rings is 1. The van der Waals surface area contributed by atoms with Gasteiger partial charge in [0.2, 0.25) is 5.91 Å². The summed E-state index contributed by atoms with van der Waals surface area (Å²) in [7, 11) is 1.43. The van der Waals surface area contributed by atoms with E-state index in [1.165, 1.54) is 13.5 Å². The van der Waals surface area contributed by atoms with Crippen LogP contribution in [0.25, 0.3) is 0 Å². The largest absolute Gasteiger partial charge is 0.453 e. The fraction of sp³-hybridized carbons (Fsp3) is 0.414. The molecule has 2 heterocycles. The molecule has 1 unspecified atom stereocenters. The lowest BCUT2D eigenvalue weighted by atomic mass is 9.88. The Labute approximate surface area is 218 Å². The van der Waals surface area contributed by atoms with Gasteiger partial charge in [0.15, 0.2) is 0 Å². The van der Waals surface area contributed by atoms with Crippen LogP contribution in [0.5, 0.6) is 0 Å². The van der Waals surface area contributed by atoms with Crippen LogP contribution in [0.15, 0.2) is 61.1 Å². The second-order valence-electron chi connectivity index (χ2n) is 10.1. The number of nitrogens with zero attached hydrogens (tertiary/aromatic N) is 3. The van der Waals surface area contributed by atoms with E-state index in [1.807, 2.05) is 47.5 Å². The van der Waals surface area contributed by atoms with Crippen LogP contribution < -0.4 is 10.2 Å². The number of rotatable bonds is 6. The second kappa shape index (κ2) is 11.5. The third kappa shape index (κ3) is 5.96. The van der Waals surface area contributed by atoms with Crippen molar-refractivity contribution in [1.82, 2.24) is 14.9 Å². The van der Waals surface area contributed by atoms with E-state index in [9.17, 15) is 9.59 Å². The highest BCUT2D eigenvalue weighted by Crippen LogP contribution is 2.33. The first-order valence-corrected chi connectivity index (χ1v) is 13.1. The minimum Gasteiger partial charge on any atom is -0.453 e. The zero-order valence-electron chi connectivity index (χ0n) is 21.4. The van der Waals surface area contributed by atoms with E-state index in [1.54, 1.807) is 6.33 Å². The third-order valence-electron chi connectivity index (χ3n) is 7.52. The molecule has 2 amide bonds. The van der Waals surface area contributed by atoms with Crippen LogP contribution in [0.3, 0.4) is 0 Å². The highest BCUT2D eigenvalue weighted by atomic mass is 16.5.